The van der Waals surface area contributed by atoms with Crippen LogP contribution < -0.4 is 0 Å². The minimum absolute atomic E-state index is 0.0631. The first-order valence-corrected chi connectivity index (χ1v) is 8.08. The van der Waals surface area contributed by atoms with Crippen LogP contribution in [-0.2, 0) is 11.3 Å². The van der Waals surface area contributed by atoms with Crippen LogP contribution >= 0.6 is 0 Å². The number of nitro groups is 2. The van der Waals surface area contributed by atoms with E-state index in [1.54, 1.807) is 0 Å². The van der Waals surface area contributed by atoms with Crippen LogP contribution in [0.25, 0.3) is 16.9 Å². The minimum atomic E-state index is -0.953. The lowest BCUT2D eigenvalue weighted by Crippen LogP contribution is -2.02. The number of carbonyl (C=O) groups is 1. The van der Waals surface area contributed by atoms with E-state index in [1.165, 1.54) is 52.2 Å². The highest BCUT2D eigenvalue weighted by Gasteiger charge is 2.22. The summed E-state index contributed by atoms with van der Waals surface area (Å²) in [5, 5.41) is 39.1. The SMILES string of the molecule is O=C(O)CCCn1cc([N+](=O)[O-])c(-c2cnn(-c3ccc([N+](=O)[O-])cc3)c2)n1. The van der Waals surface area contributed by atoms with Crippen molar-refractivity contribution in [3.8, 4) is 16.9 Å². The van der Waals surface area contributed by atoms with Gasteiger partial charge in [0.05, 0.1) is 21.7 Å². The van der Waals surface area contributed by atoms with Gasteiger partial charge in [0.1, 0.15) is 6.20 Å². The van der Waals surface area contributed by atoms with Crippen molar-refractivity contribution in [1.82, 2.24) is 19.6 Å². The molecular formula is C16H14N6O6. The molecule has 3 aromatic rings. The zero-order valence-corrected chi connectivity index (χ0v) is 14.3. The van der Waals surface area contributed by atoms with Gasteiger partial charge in [-0.25, -0.2) is 4.68 Å². The zero-order chi connectivity index (χ0) is 20.3. The maximum Gasteiger partial charge on any atom is 0.315 e. The first kappa shape index (κ1) is 18.7. The Balaban J connectivity index is 1.87. The van der Waals surface area contributed by atoms with Gasteiger partial charge in [0.15, 0.2) is 5.69 Å². The quantitative estimate of drug-likeness (QED) is 0.456. The van der Waals surface area contributed by atoms with Crippen molar-refractivity contribution in [2.45, 2.75) is 19.4 Å². The second-order valence-electron chi connectivity index (χ2n) is 5.83. The number of aryl methyl sites for hydroxylation is 1. The van der Waals surface area contributed by atoms with E-state index in [1.807, 2.05) is 0 Å². The third-order valence-corrected chi connectivity index (χ3v) is 3.90. The van der Waals surface area contributed by atoms with Crippen molar-refractivity contribution in [1.29, 1.82) is 0 Å². The van der Waals surface area contributed by atoms with Crippen LogP contribution in [0, 0.1) is 20.2 Å². The van der Waals surface area contributed by atoms with Crippen LogP contribution in [0.15, 0.2) is 42.9 Å². The number of aromatic nitrogens is 4. The second kappa shape index (κ2) is 7.65. The van der Waals surface area contributed by atoms with Gasteiger partial charge in [-0.2, -0.15) is 10.2 Å². The van der Waals surface area contributed by atoms with Gasteiger partial charge >= 0.3 is 11.7 Å². The molecule has 0 unspecified atom stereocenters. The Morgan fingerprint density at radius 1 is 1.11 bits per heavy atom. The zero-order valence-electron chi connectivity index (χ0n) is 14.3. The summed E-state index contributed by atoms with van der Waals surface area (Å²) in [5.41, 5.74) is 0.751. The molecule has 0 radical (unpaired) electrons. The van der Waals surface area contributed by atoms with Crippen LogP contribution in [0.5, 0.6) is 0 Å². The van der Waals surface area contributed by atoms with Gasteiger partial charge in [-0.1, -0.05) is 0 Å². The van der Waals surface area contributed by atoms with Crippen molar-refractivity contribution in [3.05, 3.63) is 63.1 Å². The van der Waals surface area contributed by atoms with E-state index in [4.69, 9.17) is 5.11 Å². The third-order valence-electron chi connectivity index (χ3n) is 3.90. The van der Waals surface area contributed by atoms with Crippen LogP contribution in [0.4, 0.5) is 11.4 Å². The predicted molar refractivity (Wildman–Crippen MR) is 95.0 cm³/mol. The first-order chi connectivity index (χ1) is 13.3. The lowest BCUT2D eigenvalue weighted by molar-refractivity contribution is -0.384. The molecule has 2 aromatic heterocycles. The average Bonchev–Trinajstić information content (AvgIpc) is 3.28. The van der Waals surface area contributed by atoms with Crippen LogP contribution in [-0.4, -0.2) is 40.5 Å². The number of nitrogens with zero attached hydrogens (tertiary/aromatic N) is 6. The van der Waals surface area contributed by atoms with E-state index in [0.29, 0.717) is 11.3 Å². The van der Waals surface area contributed by atoms with Crippen molar-refractivity contribution >= 4 is 17.3 Å². The van der Waals surface area contributed by atoms with Crippen molar-refractivity contribution in [3.63, 3.8) is 0 Å². The Hall–Kier alpha value is -4.09. The summed E-state index contributed by atoms with van der Waals surface area (Å²) in [6.07, 6.45) is 4.40. The Labute approximate surface area is 156 Å². The van der Waals surface area contributed by atoms with E-state index in [0.717, 1.165) is 0 Å². The fourth-order valence-electron chi connectivity index (χ4n) is 2.57. The molecule has 0 saturated heterocycles. The molecule has 1 N–H and O–H groups in total. The largest absolute Gasteiger partial charge is 0.481 e. The molecular weight excluding hydrogens is 372 g/mol. The maximum absolute atomic E-state index is 11.3. The number of carboxylic acids is 1. The van der Waals surface area contributed by atoms with Crippen molar-refractivity contribution < 1.29 is 19.7 Å². The predicted octanol–water partition coefficient (Wildman–Crippen LogP) is 2.42. The number of rotatable bonds is 8. The highest BCUT2D eigenvalue weighted by atomic mass is 16.6. The van der Waals surface area contributed by atoms with Gasteiger partial charge in [-0.05, 0) is 18.6 Å². The number of non-ortho nitro benzene ring substituents is 1. The third kappa shape index (κ3) is 4.00. The van der Waals surface area contributed by atoms with Gasteiger partial charge in [-0.15, -0.1) is 0 Å². The molecule has 0 saturated carbocycles. The molecule has 0 atom stereocenters. The van der Waals surface area contributed by atoms with E-state index in [2.05, 4.69) is 10.2 Å². The number of hydrogen-bond acceptors (Lipinski definition) is 7. The lowest BCUT2D eigenvalue weighted by atomic mass is 10.2. The normalized spacial score (nSPS) is 10.7. The highest BCUT2D eigenvalue weighted by molar-refractivity contribution is 5.68. The summed E-state index contributed by atoms with van der Waals surface area (Å²) in [4.78, 5) is 31.6. The molecule has 0 aliphatic heterocycles. The average molecular weight is 386 g/mol. The molecule has 0 bridgehead atoms. The van der Waals surface area contributed by atoms with Crippen molar-refractivity contribution in [2.75, 3.05) is 0 Å². The Kier molecular flexibility index (Phi) is 5.11. The Morgan fingerprint density at radius 2 is 1.82 bits per heavy atom. The molecule has 2 heterocycles. The number of nitro benzene ring substituents is 1. The fourth-order valence-corrected chi connectivity index (χ4v) is 2.57. The number of carboxylic acid groups (broad SMARTS) is 1. The van der Waals surface area contributed by atoms with Crippen LogP contribution in [0.2, 0.25) is 0 Å². The monoisotopic (exact) mass is 386 g/mol. The summed E-state index contributed by atoms with van der Waals surface area (Å²) < 4.78 is 2.76. The van der Waals surface area contributed by atoms with Gasteiger partial charge in [-0.3, -0.25) is 29.7 Å². The standard InChI is InChI=1S/C16H14N6O6/c23-15(24)2-1-7-19-10-14(22(27)28)16(18-19)11-8-17-20(9-11)12-3-5-13(6-4-12)21(25)26/h3-6,8-10H,1-2,7H2,(H,23,24). The number of hydrogen-bond donors (Lipinski definition) is 1. The van der Waals surface area contributed by atoms with Gasteiger partial charge in [0.25, 0.3) is 5.69 Å². The summed E-state index contributed by atoms with van der Waals surface area (Å²) in [6.45, 7) is 0.226. The summed E-state index contributed by atoms with van der Waals surface area (Å²) in [6, 6.07) is 5.67. The minimum Gasteiger partial charge on any atom is -0.481 e. The molecule has 0 spiro atoms. The van der Waals surface area contributed by atoms with Gasteiger partial charge in [0, 0.05) is 36.9 Å². The Morgan fingerprint density at radius 3 is 2.43 bits per heavy atom. The van der Waals surface area contributed by atoms with Crippen LogP contribution in [0.3, 0.4) is 0 Å². The summed E-state index contributed by atoms with van der Waals surface area (Å²) >= 11 is 0. The van der Waals surface area contributed by atoms with Crippen molar-refractivity contribution in [2.24, 2.45) is 0 Å². The summed E-state index contributed by atoms with van der Waals surface area (Å²) in [7, 11) is 0. The molecule has 1 aromatic carbocycles. The maximum atomic E-state index is 11.3. The van der Waals surface area contributed by atoms with E-state index < -0.39 is 15.8 Å². The topological polar surface area (TPSA) is 159 Å². The molecule has 0 aliphatic carbocycles. The van der Waals surface area contributed by atoms with Gasteiger partial charge in [0.2, 0.25) is 0 Å². The molecule has 12 nitrogen and oxygen atoms in total. The molecule has 0 fully saturated rings. The van der Waals surface area contributed by atoms with E-state index in [9.17, 15) is 25.0 Å². The first-order valence-electron chi connectivity index (χ1n) is 8.08. The second-order valence-corrected chi connectivity index (χ2v) is 5.83. The lowest BCUT2D eigenvalue weighted by Gasteiger charge is -2.00. The molecule has 12 heteroatoms. The van der Waals surface area contributed by atoms with E-state index >= 15 is 0 Å². The smallest absolute Gasteiger partial charge is 0.315 e. The molecule has 0 aliphatic rings. The molecule has 144 valence electrons. The Bertz CT molecular complexity index is 1040. The van der Waals surface area contributed by atoms with Gasteiger partial charge < -0.3 is 5.11 Å². The van der Waals surface area contributed by atoms with E-state index in [-0.39, 0.29) is 36.5 Å². The molecule has 28 heavy (non-hydrogen) atoms. The fraction of sp³-hybridized carbons (Fsp3) is 0.188. The molecule has 0 amide bonds. The number of aliphatic carboxylic acids is 1. The number of benzene rings is 1. The molecule has 3 rings (SSSR count). The highest BCUT2D eigenvalue weighted by Crippen LogP contribution is 2.29. The summed E-state index contributed by atoms with van der Waals surface area (Å²) in [5.74, 6) is -0.953. The van der Waals surface area contributed by atoms with Crippen LogP contribution in [0.1, 0.15) is 12.8 Å².